The van der Waals surface area contributed by atoms with Crippen LogP contribution in [0, 0.1) is 0 Å². The Morgan fingerprint density at radius 1 is 0.538 bits per heavy atom. The van der Waals surface area contributed by atoms with Gasteiger partial charge in [0.2, 0.25) is 5.91 Å². The minimum Gasteiger partial charge on any atom is -0.394 e. The van der Waals surface area contributed by atoms with Crippen LogP contribution in [0.15, 0.2) is 24.3 Å². The van der Waals surface area contributed by atoms with E-state index in [4.69, 9.17) is 18.9 Å². The molecule has 14 nitrogen and oxygen atoms in total. The molecule has 0 radical (unpaired) electrons. The van der Waals surface area contributed by atoms with Crippen LogP contribution in [-0.2, 0) is 23.7 Å². The Balaban J connectivity index is 1.59. The molecule has 12 atom stereocenters. The molecule has 0 aromatic rings. The van der Waals surface area contributed by atoms with Gasteiger partial charge >= 0.3 is 0 Å². The summed E-state index contributed by atoms with van der Waals surface area (Å²) in [5, 5.41) is 85.9. The van der Waals surface area contributed by atoms with Crippen molar-refractivity contribution in [1.82, 2.24) is 5.32 Å². The van der Waals surface area contributed by atoms with Crippen molar-refractivity contribution in [3.63, 3.8) is 0 Å². The van der Waals surface area contributed by atoms with Crippen molar-refractivity contribution in [1.29, 1.82) is 0 Å². The van der Waals surface area contributed by atoms with Crippen LogP contribution in [0.3, 0.4) is 0 Å². The number of unbranched alkanes of at least 4 members (excludes halogenated alkanes) is 25. The highest BCUT2D eigenvalue weighted by atomic mass is 16.7. The molecule has 9 N–H and O–H groups in total. The van der Waals surface area contributed by atoms with Crippen molar-refractivity contribution < 1.29 is 64.6 Å². The van der Waals surface area contributed by atoms with E-state index in [9.17, 15) is 45.6 Å². The van der Waals surface area contributed by atoms with Crippen molar-refractivity contribution in [3.05, 3.63) is 24.3 Å². The van der Waals surface area contributed by atoms with Crippen LogP contribution in [0.2, 0.25) is 0 Å². The summed E-state index contributed by atoms with van der Waals surface area (Å²) in [4.78, 5) is 12.7. The highest BCUT2D eigenvalue weighted by molar-refractivity contribution is 5.76. The number of carbonyl (C=O) groups is 1. The first-order valence-electron chi connectivity index (χ1n) is 26.1. The third kappa shape index (κ3) is 25.6. The molecule has 0 saturated carbocycles. The van der Waals surface area contributed by atoms with Gasteiger partial charge in [-0.1, -0.05) is 186 Å². The van der Waals surface area contributed by atoms with Crippen molar-refractivity contribution in [3.8, 4) is 0 Å². The van der Waals surface area contributed by atoms with Gasteiger partial charge in [-0.15, -0.1) is 0 Å². The predicted molar refractivity (Wildman–Crippen MR) is 254 cm³/mol. The summed E-state index contributed by atoms with van der Waals surface area (Å²) >= 11 is 0. The third-order valence-corrected chi connectivity index (χ3v) is 12.9. The van der Waals surface area contributed by atoms with Crippen molar-refractivity contribution >= 4 is 5.91 Å². The number of rotatable bonds is 40. The lowest BCUT2D eigenvalue weighted by Crippen LogP contribution is -2.65. The lowest BCUT2D eigenvalue weighted by atomic mass is 9.97. The molecule has 12 unspecified atom stereocenters. The number of allylic oxidation sites excluding steroid dienone is 3. The lowest BCUT2D eigenvalue weighted by molar-refractivity contribution is -0.359. The van der Waals surface area contributed by atoms with Gasteiger partial charge in [0.15, 0.2) is 12.6 Å². The summed E-state index contributed by atoms with van der Waals surface area (Å²) in [6.45, 7) is 2.51. The molecule has 0 bridgehead atoms. The quantitative estimate of drug-likeness (QED) is 0.0225. The zero-order valence-electron chi connectivity index (χ0n) is 40.5. The van der Waals surface area contributed by atoms with Gasteiger partial charge in [0, 0.05) is 6.42 Å². The predicted octanol–water partition coefficient (Wildman–Crippen LogP) is 6.94. The molecule has 2 aliphatic heterocycles. The van der Waals surface area contributed by atoms with Gasteiger partial charge in [-0.05, 0) is 32.1 Å². The number of amides is 1. The van der Waals surface area contributed by atoms with E-state index in [1.54, 1.807) is 6.08 Å². The van der Waals surface area contributed by atoms with E-state index >= 15 is 0 Å². The van der Waals surface area contributed by atoms with Crippen LogP contribution >= 0.6 is 0 Å². The van der Waals surface area contributed by atoms with Gasteiger partial charge in [0.25, 0.3) is 0 Å². The maximum atomic E-state index is 12.7. The Hall–Kier alpha value is -1.53. The number of aliphatic hydroxyl groups excluding tert-OH is 8. The molecular weight excluding hydrogens is 835 g/mol. The Bertz CT molecular complexity index is 1190. The SMILES string of the molecule is CCCCCCCCCCCCCCCCCCCCCCCCC/C=C/CC/C=C/C(O)C(COC1OC(CO)C(OC2OC(CO)C(O)C(O)C2O)C(O)C1O)NC(=O)CCCC. The summed E-state index contributed by atoms with van der Waals surface area (Å²) in [5.74, 6) is -0.284. The van der Waals surface area contributed by atoms with Gasteiger partial charge in [0.05, 0.1) is 32.0 Å². The van der Waals surface area contributed by atoms with Crippen LogP contribution in [0.4, 0.5) is 0 Å². The second-order valence-corrected chi connectivity index (χ2v) is 18.6. The fourth-order valence-corrected chi connectivity index (χ4v) is 8.58. The minimum atomic E-state index is -1.79. The first kappa shape index (κ1) is 59.6. The minimum absolute atomic E-state index is 0.249. The van der Waals surface area contributed by atoms with E-state index < -0.39 is 86.8 Å². The van der Waals surface area contributed by atoms with E-state index in [0.717, 1.165) is 19.3 Å². The molecule has 0 spiro atoms. The Morgan fingerprint density at radius 2 is 0.985 bits per heavy atom. The Morgan fingerprint density at radius 3 is 1.49 bits per heavy atom. The smallest absolute Gasteiger partial charge is 0.220 e. The van der Waals surface area contributed by atoms with Gasteiger partial charge in [-0.25, -0.2) is 0 Å². The second-order valence-electron chi connectivity index (χ2n) is 18.6. The lowest BCUT2D eigenvalue weighted by Gasteiger charge is -2.46. The monoisotopic (exact) mass is 930 g/mol. The van der Waals surface area contributed by atoms with Gasteiger partial charge in [-0.3, -0.25) is 4.79 Å². The normalized spacial score (nSPS) is 27.2. The van der Waals surface area contributed by atoms with Crippen LogP contribution in [0.5, 0.6) is 0 Å². The largest absolute Gasteiger partial charge is 0.394 e. The molecule has 65 heavy (non-hydrogen) atoms. The average Bonchev–Trinajstić information content (AvgIpc) is 3.30. The second kappa shape index (κ2) is 38.3. The summed E-state index contributed by atoms with van der Waals surface area (Å²) in [6, 6.07) is -0.923. The molecular formula is C51H95NO13. The van der Waals surface area contributed by atoms with E-state index in [1.807, 2.05) is 13.0 Å². The molecule has 0 aliphatic carbocycles. The van der Waals surface area contributed by atoms with E-state index in [1.165, 1.54) is 148 Å². The molecule has 14 heteroatoms. The van der Waals surface area contributed by atoms with Gasteiger partial charge in [-0.2, -0.15) is 0 Å². The van der Waals surface area contributed by atoms with Crippen LogP contribution in [-0.4, -0.2) is 140 Å². The molecule has 2 saturated heterocycles. The maximum Gasteiger partial charge on any atom is 0.220 e. The topological polar surface area (TPSA) is 228 Å². The van der Waals surface area contributed by atoms with Gasteiger partial charge in [0.1, 0.15) is 48.8 Å². The molecule has 2 aliphatic rings. The zero-order chi connectivity index (χ0) is 47.5. The third-order valence-electron chi connectivity index (χ3n) is 12.9. The van der Waals surface area contributed by atoms with Crippen molar-refractivity contribution in [2.45, 2.75) is 274 Å². The molecule has 1 amide bonds. The van der Waals surface area contributed by atoms with Crippen LogP contribution < -0.4 is 5.32 Å². The highest BCUT2D eigenvalue weighted by Gasteiger charge is 2.51. The van der Waals surface area contributed by atoms with Crippen LogP contribution in [0.1, 0.15) is 200 Å². The summed E-state index contributed by atoms with van der Waals surface area (Å²) < 4.78 is 22.4. The number of hydrogen-bond donors (Lipinski definition) is 9. The van der Waals surface area contributed by atoms with Crippen molar-refractivity contribution in [2.24, 2.45) is 0 Å². The molecule has 2 rings (SSSR count). The standard InChI is InChI=1S/C51H95NO13/c1-3-5-7-8-9-10-11-12-13-14-15-16-17-18-19-20-21-22-23-24-25-26-27-28-29-30-31-32-33-34-40(55)39(52-43(56)35-6-4-2)38-62-50-48(61)46(59)49(42(37-54)64-50)65-51-47(60)45(58)44(57)41(36-53)63-51/h29-30,33-34,39-42,44-51,53-55,57-61H,3-28,31-32,35-38H2,1-2H3,(H,52,56)/b30-29+,34-33+. The van der Waals surface area contributed by atoms with Crippen LogP contribution in [0.25, 0.3) is 0 Å². The average molecular weight is 930 g/mol. The van der Waals surface area contributed by atoms with Crippen molar-refractivity contribution in [2.75, 3.05) is 19.8 Å². The number of nitrogens with one attached hydrogen (secondary N) is 1. The number of ether oxygens (including phenoxy) is 4. The summed E-state index contributed by atoms with van der Waals surface area (Å²) in [5.41, 5.74) is 0. The molecule has 2 fully saturated rings. The first-order valence-corrected chi connectivity index (χ1v) is 26.1. The number of carbonyl (C=O) groups excluding carboxylic acids is 1. The number of hydrogen-bond acceptors (Lipinski definition) is 13. The zero-order valence-corrected chi connectivity index (χ0v) is 40.5. The van der Waals surface area contributed by atoms with E-state index in [0.29, 0.717) is 12.8 Å². The maximum absolute atomic E-state index is 12.7. The fourth-order valence-electron chi connectivity index (χ4n) is 8.58. The Labute approximate surface area is 392 Å². The Kier molecular flexibility index (Phi) is 35.1. The first-order chi connectivity index (χ1) is 31.6. The van der Waals surface area contributed by atoms with E-state index in [-0.39, 0.29) is 18.9 Å². The molecule has 382 valence electrons. The molecule has 0 aromatic heterocycles. The highest BCUT2D eigenvalue weighted by Crippen LogP contribution is 2.30. The number of aliphatic hydroxyl groups is 8. The summed E-state index contributed by atoms with van der Waals surface area (Å²) in [7, 11) is 0. The summed E-state index contributed by atoms with van der Waals surface area (Å²) in [6.07, 6.45) is 26.9. The van der Waals surface area contributed by atoms with Gasteiger partial charge < -0.3 is 65.1 Å². The fraction of sp³-hybridized carbons (Fsp3) is 0.902. The molecule has 2 heterocycles. The molecule has 0 aromatic carbocycles. The van der Waals surface area contributed by atoms with E-state index in [2.05, 4.69) is 24.4 Å².